The van der Waals surface area contributed by atoms with Crippen molar-refractivity contribution in [2.45, 2.75) is 6.54 Å². The van der Waals surface area contributed by atoms with Gasteiger partial charge in [0.05, 0.1) is 22.6 Å². The van der Waals surface area contributed by atoms with Gasteiger partial charge in [0, 0.05) is 74.2 Å². The third kappa shape index (κ3) is 4.53. The molecule has 0 unspecified atom stereocenters. The van der Waals surface area contributed by atoms with Crippen LogP contribution in [0.15, 0.2) is 67.4 Å². The fraction of sp³-hybridized carbons (Fsp3) is 0.207. The van der Waals surface area contributed by atoms with Crippen LogP contribution in [0.25, 0.3) is 55.8 Å². The van der Waals surface area contributed by atoms with Gasteiger partial charge in [-0.15, -0.1) is 0 Å². The molecule has 194 valence electrons. The lowest BCUT2D eigenvalue weighted by molar-refractivity contribution is 0.148. The van der Waals surface area contributed by atoms with E-state index in [1.54, 1.807) is 43.1 Å². The van der Waals surface area contributed by atoms with Crippen LogP contribution >= 0.6 is 0 Å². The number of halogens is 1. The zero-order valence-electron chi connectivity index (χ0n) is 21.4. The van der Waals surface area contributed by atoms with Crippen molar-refractivity contribution >= 4 is 22.1 Å². The second kappa shape index (κ2) is 9.64. The summed E-state index contributed by atoms with van der Waals surface area (Å²) in [5.41, 5.74) is 7.16. The lowest BCUT2D eigenvalue weighted by Gasteiger charge is -2.32. The number of nitrogens with zero attached hydrogens (tertiary/aromatic N) is 7. The zero-order valence-corrected chi connectivity index (χ0v) is 21.4. The molecule has 2 N–H and O–H groups in total. The van der Waals surface area contributed by atoms with Crippen LogP contribution in [0.3, 0.4) is 0 Å². The monoisotopic (exact) mass is 519 g/mol. The van der Waals surface area contributed by atoms with E-state index in [0.717, 1.165) is 76.1 Å². The van der Waals surface area contributed by atoms with Gasteiger partial charge < -0.3 is 9.88 Å². The number of nitrogens with one attached hydrogen (secondary N) is 2. The summed E-state index contributed by atoms with van der Waals surface area (Å²) in [5.74, 6) is 0.346. The average Bonchev–Trinajstić information content (AvgIpc) is 3.58. The summed E-state index contributed by atoms with van der Waals surface area (Å²) >= 11 is 0. The van der Waals surface area contributed by atoms with Crippen molar-refractivity contribution in [1.29, 1.82) is 0 Å². The molecule has 5 aromatic heterocycles. The number of hydrogen-bond donors (Lipinski definition) is 2. The molecular formula is C29H26FN9. The summed E-state index contributed by atoms with van der Waals surface area (Å²) in [6, 6.07) is 11.1. The van der Waals surface area contributed by atoms with E-state index in [1.807, 2.05) is 24.3 Å². The third-order valence-corrected chi connectivity index (χ3v) is 7.31. The smallest absolute Gasteiger partial charge is 0.181 e. The number of likely N-dealkylation sites (N-methyl/N-ethyl adjacent to an activating group) is 1. The molecule has 6 aromatic rings. The minimum Gasteiger partial charge on any atom is -0.335 e. The normalized spacial score (nSPS) is 14.9. The van der Waals surface area contributed by atoms with Gasteiger partial charge in [-0.25, -0.2) is 14.4 Å². The molecule has 9 nitrogen and oxygen atoms in total. The van der Waals surface area contributed by atoms with Crippen LogP contribution in [0.1, 0.15) is 5.56 Å². The fourth-order valence-corrected chi connectivity index (χ4v) is 5.20. The van der Waals surface area contributed by atoms with Crippen molar-refractivity contribution in [3.05, 3.63) is 78.8 Å². The maximum absolute atomic E-state index is 14.8. The minimum absolute atomic E-state index is 0.266. The summed E-state index contributed by atoms with van der Waals surface area (Å²) in [6.45, 7) is 4.68. The number of H-pyrrole nitrogens is 2. The molecule has 6 heterocycles. The first-order valence-corrected chi connectivity index (χ1v) is 12.9. The topological polar surface area (TPSA) is 103 Å². The number of rotatable bonds is 5. The number of piperazine rings is 1. The van der Waals surface area contributed by atoms with Crippen LogP contribution in [0, 0.1) is 5.82 Å². The molecule has 1 fully saturated rings. The van der Waals surface area contributed by atoms with E-state index in [1.165, 1.54) is 0 Å². The maximum atomic E-state index is 14.8. The van der Waals surface area contributed by atoms with E-state index in [9.17, 15) is 4.39 Å². The van der Waals surface area contributed by atoms with Gasteiger partial charge in [0.1, 0.15) is 11.5 Å². The number of aromatic nitrogens is 7. The fourth-order valence-electron chi connectivity index (χ4n) is 5.20. The molecule has 0 atom stereocenters. The van der Waals surface area contributed by atoms with Gasteiger partial charge in [-0.05, 0) is 48.5 Å². The molecule has 1 saturated heterocycles. The highest BCUT2D eigenvalue weighted by molar-refractivity contribution is 5.96. The van der Waals surface area contributed by atoms with Crippen LogP contribution in [0.5, 0.6) is 0 Å². The first-order valence-electron chi connectivity index (χ1n) is 12.9. The lowest BCUT2D eigenvalue weighted by Crippen LogP contribution is -2.43. The SMILES string of the molecule is CN1CCN(Cc2cc(F)cc(-c3cncc4[nH]c(-c5[nH]nc6ncc(-c7cccnc7)cc56)nc34)c2)CC1. The molecule has 0 radical (unpaired) electrons. The second-order valence-electron chi connectivity index (χ2n) is 10.0. The molecule has 39 heavy (non-hydrogen) atoms. The van der Waals surface area contributed by atoms with Gasteiger partial charge >= 0.3 is 0 Å². The number of aromatic amines is 2. The average molecular weight is 520 g/mol. The Labute approximate surface area is 223 Å². The maximum Gasteiger partial charge on any atom is 0.181 e. The minimum atomic E-state index is -0.266. The lowest BCUT2D eigenvalue weighted by atomic mass is 10.0. The van der Waals surface area contributed by atoms with Crippen molar-refractivity contribution in [3.63, 3.8) is 0 Å². The summed E-state index contributed by atoms with van der Waals surface area (Å²) < 4.78 is 14.8. The Morgan fingerprint density at radius 1 is 0.923 bits per heavy atom. The van der Waals surface area contributed by atoms with Gasteiger partial charge in [0.2, 0.25) is 0 Å². The first kappa shape index (κ1) is 23.6. The van der Waals surface area contributed by atoms with Crippen LogP contribution in [-0.4, -0.2) is 78.1 Å². The molecule has 1 aliphatic heterocycles. The summed E-state index contributed by atoms with van der Waals surface area (Å²) in [7, 11) is 2.13. The van der Waals surface area contributed by atoms with Crippen LogP contribution in [-0.2, 0) is 6.54 Å². The molecule has 0 aliphatic carbocycles. The summed E-state index contributed by atoms with van der Waals surface area (Å²) in [5, 5.41) is 8.30. The van der Waals surface area contributed by atoms with E-state index in [-0.39, 0.29) is 5.82 Å². The quantitative estimate of drug-likeness (QED) is 0.345. The molecule has 0 bridgehead atoms. The van der Waals surface area contributed by atoms with E-state index in [4.69, 9.17) is 4.98 Å². The zero-order chi connectivity index (χ0) is 26.3. The van der Waals surface area contributed by atoms with Crippen LogP contribution in [0.2, 0.25) is 0 Å². The molecule has 10 heteroatoms. The number of imidazole rings is 1. The molecule has 7 rings (SSSR count). The summed E-state index contributed by atoms with van der Waals surface area (Å²) in [4.78, 5) is 26.1. The summed E-state index contributed by atoms with van der Waals surface area (Å²) in [6.07, 6.45) is 8.81. The molecule has 1 aromatic carbocycles. The number of benzene rings is 1. The van der Waals surface area contributed by atoms with Crippen molar-refractivity contribution < 1.29 is 4.39 Å². The standard InChI is InChI=1S/C29H26FN9/c1-38-5-7-39(8-6-38)17-18-9-20(11-22(30)10-18)24-15-32-16-25-26(24)35-29(34-25)27-23-12-21(14-33-28(23)37-36-27)19-3-2-4-31-13-19/h2-4,9-16H,5-8,17H2,1H3,(H,34,35)(H,33,36,37). The van der Waals surface area contributed by atoms with Crippen molar-refractivity contribution in [1.82, 2.24) is 44.9 Å². The highest BCUT2D eigenvalue weighted by Crippen LogP contribution is 2.32. The predicted octanol–water partition coefficient (Wildman–Crippen LogP) is 4.51. The Morgan fingerprint density at radius 2 is 1.82 bits per heavy atom. The molecule has 0 amide bonds. The highest BCUT2D eigenvalue weighted by atomic mass is 19.1. The van der Waals surface area contributed by atoms with E-state index >= 15 is 0 Å². The predicted molar refractivity (Wildman–Crippen MR) is 148 cm³/mol. The second-order valence-corrected chi connectivity index (χ2v) is 10.0. The molecule has 0 spiro atoms. The van der Waals surface area contributed by atoms with E-state index in [0.29, 0.717) is 18.0 Å². The number of hydrogen-bond acceptors (Lipinski definition) is 7. The molecule has 0 saturated carbocycles. The molecular weight excluding hydrogens is 493 g/mol. The Morgan fingerprint density at radius 3 is 2.67 bits per heavy atom. The largest absolute Gasteiger partial charge is 0.335 e. The Kier molecular flexibility index (Phi) is 5.83. The van der Waals surface area contributed by atoms with Gasteiger partial charge in [0.15, 0.2) is 11.5 Å². The first-order chi connectivity index (χ1) is 19.1. The van der Waals surface area contributed by atoms with Crippen molar-refractivity contribution in [3.8, 4) is 33.8 Å². The number of pyridine rings is 3. The van der Waals surface area contributed by atoms with Gasteiger partial charge in [0.25, 0.3) is 0 Å². The van der Waals surface area contributed by atoms with Crippen molar-refractivity contribution in [2.24, 2.45) is 0 Å². The van der Waals surface area contributed by atoms with Gasteiger partial charge in [-0.2, -0.15) is 5.10 Å². The van der Waals surface area contributed by atoms with Crippen molar-refractivity contribution in [2.75, 3.05) is 33.2 Å². The van der Waals surface area contributed by atoms with Crippen LogP contribution in [0.4, 0.5) is 4.39 Å². The van der Waals surface area contributed by atoms with E-state index in [2.05, 4.69) is 47.0 Å². The Bertz CT molecular complexity index is 1790. The third-order valence-electron chi connectivity index (χ3n) is 7.31. The van der Waals surface area contributed by atoms with Crippen LogP contribution < -0.4 is 0 Å². The molecule has 1 aliphatic rings. The van der Waals surface area contributed by atoms with Gasteiger partial charge in [-0.3, -0.25) is 20.0 Å². The Hall–Kier alpha value is -4.54. The highest BCUT2D eigenvalue weighted by Gasteiger charge is 2.18. The van der Waals surface area contributed by atoms with Gasteiger partial charge in [-0.1, -0.05) is 6.07 Å². The number of fused-ring (bicyclic) bond motifs is 2. The van der Waals surface area contributed by atoms with E-state index < -0.39 is 0 Å². The Balaban J connectivity index is 1.26.